The Hall–Kier alpha value is -2.07. The van der Waals surface area contributed by atoms with Gasteiger partial charge in [0.25, 0.3) is 0 Å². The minimum Gasteiger partial charge on any atom is -0.506 e. The lowest BCUT2D eigenvalue weighted by Crippen LogP contribution is -2.01. The van der Waals surface area contributed by atoms with E-state index in [0.717, 1.165) is 27.7 Å². The van der Waals surface area contributed by atoms with Gasteiger partial charge in [-0.2, -0.15) is 0 Å². The molecule has 1 aromatic heterocycles. The van der Waals surface area contributed by atoms with Crippen LogP contribution >= 0.6 is 15.9 Å². The molecule has 0 fully saturated rings. The molecule has 3 rings (SSSR count). The monoisotopic (exact) mass is 342 g/mol. The first-order valence-electron chi connectivity index (χ1n) is 6.71. The molecule has 0 saturated carbocycles. The van der Waals surface area contributed by atoms with E-state index in [0.29, 0.717) is 11.0 Å². The van der Waals surface area contributed by atoms with Crippen molar-refractivity contribution >= 4 is 32.5 Å². The summed E-state index contributed by atoms with van der Waals surface area (Å²) in [7, 11) is 0. The topological polar surface area (TPSA) is 45.1 Å². The molecule has 4 heteroatoms. The van der Waals surface area contributed by atoms with Gasteiger partial charge >= 0.3 is 0 Å². The Morgan fingerprint density at radius 1 is 1.14 bits per heavy atom. The van der Waals surface area contributed by atoms with Gasteiger partial charge in [0.15, 0.2) is 0 Å². The number of pyridine rings is 1. The number of fused-ring (bicyclic) bond motifs is 1. The van der Waals surface area contributed by atoms with Gasteiger partial charge in [-0.25, -0.2) is 0 Å². The van der Waals surface area contributed by atoms with E-state index in [4.69, 9.17) is 0 Å². The number of benzene rings is 2. The van der Waals surface area contributed by atoms with Crippen LogP contribution in [-0.4, -0.2) is 10.1 Å². The molecule has 3 aromatic rings. The Bertz CT molecular complexity index is 802. The number of anilines is 1. The second-order valence-electron chi connectivity index (χ2n) is 4.93. The van der Waals surface area contributed by atoms with Gasteiger partial charge < -0.3 is 10.4 Å². The number of phenols is 1. The summed E-state index contributed by atoms with van der Waals surface area (Å²) in [4.78, 5) is 4.43. The van der Waals surface area contributed by atoms with E-state index in [-0.39, 0.29) is 5.75 Å². The van der Waals surface area contributed by atoms with E-state index in [2.05, 4.69) is 45.3 Å². The molecule has 0 atom stereocenters. The SMILES string of the molecule is Cc1ccc(NCc2cccc(Br)c2O)c2cccnc12. The number of nitrogens with one attached hydrogen (secondary N) is 1. The summed E-state index contributed by atoms with van der Waals surface area (Å²) < 4.78 is 0.706. The first-order valence-corrected chi connectivity index (χ1v) is 7.50. The van der Waals surface area contributed by atoms with Crippen LogP contribution in [-0.2, 0) is 6.54 Å². The molecular weight excluding hydrogens is 328 g/mol. The highest BCUT2D eigenvalue weighted by atomic mass is 79.9. The lowest BCUT2D eigenvalue weighted by atomic mass is 10.1. The summed E-state index contributed by atoms with van der Waals surface area (Å²) in [6.45, 7) is 2.61. The highest BCUT2D eigenvalue weighted by molar-refractivity contribution is 9.10. The van der Waals surface area contributed by atoms with Crippen molar-refractivity contribution in [3.8, 4) is 5.75 Å². The number of aryl methyl sites for hydroxylation is 1. The lowest BCUT2D eigenvalue weighted by Gasteiger charge is -2.12. The molecule has 2 aromatic carbocycles. The molecular formula is C17H15BrN2O. The molecule has 0 aliphatic heterocycles. The largest absolute Gasteiger partial charge is 0.506 e. The third-order valence-electron chi connectivity index (χ3n) is 3.51. The smallest absolute Gasteiger partial charge is 0.134 e. The van der Waals surface area contributed by atoms with Crippen molar-refractivity contribution in [2.45, 2.75) is 13.5 Å². The summed E-state index contributed by atoms with van der Waals surface area (Å²) in [6.07, 6.45) is 1.80. The molecule has 106 valence electrons. The van der Waals surface area contributed by atoms with E-state index in [1.807, 2.05) is 30.3 Å². The maximum Gasteiger partial charge on any atom is 0.134 e. The molecule has 0 spiro atoms. The molecule has 0 saturated heterocycles. The number of halogens is 1. The maximum atomic E-state index is 10.0. The number of para-hydroxylation sites is 1. The molecule has 0 unspecified atom stereocenters. The maximum absolute atomic E-state index is 10.0. The predicted octanol–water partition coefficient (Wildman–Crippen LogP) is 4.62. The zero-order valence-corrected chi connectivity index (χ0v) is 13.2. The van der Waals surface area contributed by atoms with Gasteiger partial charge in [0.1, 0.15) is 5.75 Å². The molecule has 0 bridgehead atoms. The Morgan fingerprint density at radius 2 is 2.00 bits per heavy atom. The fraction of sp³-hybridized carbons (Fsp3) is 0.118. The minimum absolute atomic E-state index is 0.277. The number of phenolic OH excluding ortho intramolecular Hbond substituents is 1. The van der Waals surface area contributed by atoms with Crippen molar-refractivity contribution in [1.82, 2.24) is 4.98 Å². The van der Waals surface area contributed by atoms with Gasteiger partial charge in [0.2, 0.25) is 0 Å². The molecule has 2 N–H and O–H groups in total. The van der Waals surface area contributed by atoms with Gasteiger partial charge in [-0.1, -0.05) is 18.2 Å². The fourth-order valence-electron chi connectivity index (χ4n) is 2.36. The number of hydrogen-bond acceptors (Lipinski definition) is 3. The highest BCUT2D eigenvalue weighted by Crippen LogP contribution is 2.29. The first-order chi connectivity index (χ1) is 10.2. The molecule has 21 heavy (non-hydrogen) atoms. The number of rotatable bonds is 3. The van der Waals surface area contributed by atoms with E-state index in [1.165, 1.54) is 0 Å². The molecule has 3 nitrogen and oxygen atoms in total. The standard InChI is InChI=1S/C17H15BrN2O/c1-11-7-8-15(13-5-3-9-19-16(11)13)20-10-12-4-2-6-14(18)17(12)21/h2-9,20-21H,10H2,1H3. The summed E-state index contributed by atoms with van der Waals surface area (Å²) in [6, 6.07) is 13.7. The van der Waals surface area contributed by atoms with Crippen molar-refractivity contribution in [3.05, 3.63) is 64.3 Å². The van der Waals surface area contributed by atoms with Gasteiger partial charge in [-0.3, -0.25) is 4.98 Å². The minimum atomic E-state index is 0.277. The lowest BCUT2D eigenvalue weighted by molar-refractivity contribution is 0.465. The molecule has 0 radical (unpaired) electrons. The third-order valence-corrected chi connectivity index (χ3v) is 4.15. The van der Waals surface area contributed by atoms with E-state index < -0.39 is 0 Å². The third kappa shape index (κ3) is 2.72. The zero-order valence-electron chi connectivity index (χ0n) is 11.6. The van der Waals surface area contributed by atoms with Crippen LogP contribution in [0, 0.1) is 6.92 Å². The van der Waals surface area contributed by atoms with Crippen LogP contribution in [0.4, 0.5) is 5.69 Å². The van der Waals surface area contributed by atoms with Crippen molar-refractivity contribution in [2.24, 2.45) is 0 Å². The van der Waals surface area contributed by atoms with Gasteiger partial charge in [0.05, 0.1) is 9.99 Å². The average Bonchev–Trinajstić information content (AvgIpc) is 2.51. The van der Waals surface area contributed by atoms with Crippen LogP contribution in [0.15, 0.2) is 53.1 Å². The number of aromatic hydroxyl groups is 1. The van der Waals surface area contributed by atoms with Crippen LogP contribution in [0.1, 0.15) is 11.1 Å². The Labute approximate surface area is 131 Å². The Morgan fingerprint density at radius 3 is 2.86 bits per heavy atom. The molecule has 1 heterocycles. The van der Waals surface area contributed by atoms with Crippen LogP contribution in [0.3, 0.4) is 0 Å². The van der Waals surface area contributed by atoms with Crippen LogP contribution in [0.5, 0.6) is 5.75 Å². The average molecular weight is 343 g/mol. The molecule has 0 amide bonds. The van der Waals surface area contributed by atoms with Crippen molar-refractivity contribution in [1.29, 1.82) is 0 Å². The van der Waals surface area contributed by atoms with Crippen LogP contribution in [0.25, 0.3) is 10.9 Å². The zero-order chi connectivity index (χ0) is 14.8. The van der Waals surface area contributed by atoms with Crippen LogP contribution < -0.4 is 5.32 Å². The highest BCUT2D eigenvalue weighted by Gasteiger charge is 2.07. The summed E-state index contributed by atoms with van der Waals surface area (Å²) in [5.41, 5.74) is 4.02. The van der Waals surface area contributed by atoms with Crippen molar-refractivity contribution in [3.63, 3.8) is 0 Å². The molecule has 0 aliphatic carbocycles. The van der Waals surface area contributed by atoms with Gasteiger partial charge in [0, 0.05) is 29.4 Å². The Kier molecular flexibility index (Phi) is 3.80. The summed E-state index contributed by atoms with van der Waals surface area (Å²) in [5.74, 6) is 0.277. The number of aromatic nitrogens is 1. The summed E-state index contributed by atoms with van der Waals surface area (Å²) >= 11 is 3.33. The first kappa shape index (κ1) is 13.9. The van der Waals surface area contributed by atoms with Crippen molar-refractivity contribution < 1.29 is 5.11 Å². The summed E-state index contributed by atoms with van der Waals surface area (Å²) in [5, 5.41) is 14.5. The normalized spacial score (nSPS) is 10.8. The Balaban J connectivity index is 1.92. The van der Waals surface area contributed by atoms with E-state index >= 15 is 0 Å². The second kappa shape index (κ2) is 5.74. The number of nitrogens with zero attached hydrogens (tertiary/aromatic N) is 1. The van der Waals surface area contributed by atoms with Gasteiger partial charge in [-0.05, 0) is 52.7 Å². The van der Waals surface area contributed by atoms with Crippen molar-refractivity contribution in [2.75, 3.05) is 5.32 Å². The number of hydrogen-bond donors (Lipinski definition) is 2. The van der Waals surface area contributed by atoms with E-state index in [9.17, 15) is 5.11 Å². The quantitative estimate of drug-likeness (QED) is 0.729. The van der Waals surface area contributed by atoms with E-state index in [1.54, 1.807) is 6.20 Å². The molecule has 0 aliphatic rings. The predicted molar refractivity (Wildman–Crippen MR) is 89.6 cm³/mol. The van der Waals surface area contributed by atoms with Gasteiger partial charge in [-0.15, -0.1) is 0 Å². The second-order valence-corrected chi connectivity index (χ2v) is 5.79. The fourth-order valence-corrected chi connectivity index (χ4v) is 2.77. The van der Waals surface area contributed by atoms with Crippen LogP contribution in [0.2, 0.25) is 0 Å².